The van der Waals surface area contributed by atoms with E-state index in [1.807, 2.05) is 55.5 Å². The highest BCUT2D eigenvalue weighted by Crippen LogP contribution is 2.16. The Morgan fingerprint density at radius 3 is 2.40 bits per heavy atom. The minimum Gasteiger partial charge on any atom is -0.376 e. The second kappa shape index (κ2) is 6.75. The molecule has 3 nitrogen and oxygen atoms in total. The molecule has 3 heteroatoms. The van der Waals surface area contributed by atoms with Gasteiger partial charge in [0.1, 0.15) is 0 Å². The summed E-state index contributed by atoms with van der Waals surface area (Å²) in [6, 6.07) is 17.8. The standard InChI is InChI=1S/C17H20N2O/c1-13-8-6-7-11-16(13)14(2)19-17(20)12-18-15-9-4-3-5-10-15/h3-11,14,18H,12H2,1-2H3,(H,19,20)/t14-/m0/s1. The van der Waals surface area contributed by atoms with Gasteiger partial charge < -0.3 is 10.6 Å². The van der Waals surface area contributed by atoms with Gasteiger partial charge in [-0.15, -0.1) is 0 Å². The van der Waals surface area contributed by atoms with E-state index in [1.54, 1.807) is 0 Å². The van der Waals surface area contributed by atoms with E-state index < -0.39 is 0 Å². The zero-order valence-electron chi connectivity index (χ0n) is 11.9. The Morgan fingerprint density at radius 1 is 1.05 bits per heavy atom. The van der Waals surface area contributed by atoms with Gasteiger partial charge in [-0.3, -0.25) is 4.79 Å². The maximum atomic E-state index is 11.9. The molecule has 1 atom stereocenters. The first-order valence-corrected chi connectivity index (χ1v) is 6.80. The molecule has 0 bridgehead atoms. The molecule has 1 amide bonds. The molecular formula is C17H20N2O. The highest BCUT2D eigenvalue weighted by atomic mass is 16.1. The average molecular weight is 268 g/mol. The maximum Gasteiger partial charge on any atom is 0.239 e. The molecule has 104 valence electrons. The van der Waals surface area contributed by atoms with Crippen molar-refractivity contribution in [3.8, 4) is 0 Å². The van der Waals surface area contributed by atoms with Gasteiger partial charge in [0.15, 0.2) is 0 Å². The van der Waals surface area contributed by atoms with Gasteiger partial charge in [-0.1, -0.05) is 42.5 Å². The number of benzene rings is 2. The van der Waals surface area contributed by atoms with Crippen LogP contribution >= 0.6 is 0 Å². The number of carbonyl (C=O) groups excluding carboxylic acids is 1. The minimum absolute atomic E-state index is 0.00962. The molecule has 0 aromatic heterocycles. The van der Waals surface area contributed by atoms with Crippen molar-refractivity contribution in [2.45, 2.75) is 19.9 Å². The molecule has 0 spiro atoms. The summed E-state index contributed by atoms with van der Waals surface area (Å²) in [5, 5.41) is 6.11. The fourth-order valence-electron chi connectivity index (χ4n) is 2.18. The summed E-state index contributed by atoms with van der Waals surface area (Å²) < 4.78 is 0. The van der Waals surface area contributed by atoms with Gasteiger partial charge in [0, 0.05) is 5.69 Å². The molecule has 2 N–H and O–H groups in total. The molecule has 0 heterocycles. The Balaban J connectivity index is 1.87. The molecule has 0 aliphatic heterocycles. The minimum atomic E-state index is -0.00962. The van der Waals surface area contributed by atoms with E-state index in [9.17, 15) is 4.79 Å². The summed E-state index contributed by atoms with van der Waals surface area (Å²) >= 11 is 0. The summed E-state index contributed by atoms with van der Waals surface area (Å²) in [4.78, 5) is 11.9. The van der Waals surface area contributed by atoms with Crippen LogP contribution in [0, 0.1) is 6.92 Å². The third-order valence-electron chi connectivity index (χ3n) is 3.26. The Kier molecular flexibility index (Phi) is 4.77. The van der Waals surface area contributed by atoms with Gasteiger partial charge in [-0.05, 0) is 37.1 Å². The molecule has 0 aliphatic rings. The molecule has 2 aromatic carbocycles. The number of hydrogen-bond donors (Lipinski definition) is 2. The molecule has 0 saturated carbocycles. The highest BCUT2D eigenvalue weighted by Gasteiger charge is 2.10. The number of aryl methyl sites for hydroxylation is 1. The van der Waals surface area contributed by atoms with E-state index in [1.165, 1.54) is 5.56 Å². The van der Waals surface area contributed by atoms with E-state index in [-0.39, 0.29) is 18.5 Å². The van der Waals surface area contributed by atoms with Gasteiger partial charge in [-0.2, -0.15) is 0 Å². The molecule has 2 rings (SSSR count). The SMILES string of the molecule is Cc1ccccc1[C@H](C)NC(=O)CNc1ccccc1. The second-order valence-corrected chi connectivity index (χ2v) is 4.87. The molecule has 0 fully saturated rings. The number of carbonyl (C=O) groups is 1. The van der Waals surface area contributed by atoms with Crippen molar-refractivity contribution in [2.75, 3.05) is 11.9 Å². The monoisotopic (exact) mass is 268 g/mol. The Hall–Kier alpha value is -2.29. The van der Waals surface area contributed by atoms with Crippen LogP contribution in [0.4, 0.5) is 5.69 Å². The summed E-state index contributed by atoms with van der Waals surface area (Å²) in [6.07, 6.45) is 0. The van der Waals surface area contributed by atoms with E-state index in [4.69, 9.17) is 0 Å². The van der Waals surface area contributed by atoms with Gasteiger partial charge in [0.05, 0.1) is 12.6 Å². The number of para-hydroxylation sites is 1. The topological polar surface area (TPSA) is 41.1 Å². The van der Waals surface area contributed by atoms with Crippen LogP contribution < -0.4 is 10.6 Å². The molecule has 0 aliphatic carbocycles. The third-order valence-corrected chi connectivity index (χ3v) is 3.26. The third kappa shape index (κ3) is 3.85. The fourth-order valence-corrected chi connectivity index (χ4v) is 2.18. The van der Waals surface area contributed by atoms with Crippen molar-refractivity contribution >= 4 is 11.6 Å². The van der Waals surface area contributed by atoms with Crippen molar-refractivity contribution in [3.63, 3.8) is 0 Å². The van der Waals surface area contributed by atoms with Crippen LogP contribution in [0.25, 0.3) is 0 Å². The van der Waals surface area contributed by atoms with E-state index in [0.717, 1.165) is 11.3 Å². The van der Waals surface area contributed by atoms with Gasteiger partial charge in [0.25, 0.3) is 0 Å². The molecule has 0 saturated heterocycles. The summed E-state index contributed by atoms with van der Waals surface area (Å²) in [5.41, 5.74) is 3.29. The number of hydrogen-bond acceptors (Lipinski definition) is 2. The summed E-state index contributed by atoms with van der Waals surface area (Å²) in [7, 11) is 0. The van der Waals surface area contributed by atoms with Crippen molar-refractivity contribution in [3.05, 3.63) is 65.7 Å². The first-order chi connectivity index (χ1) is 9.66. The fraction of sp³-hybridized carbons (Fsp3) is 0.235. The van der Waals surface area contributed by atoms with E-state index >= 15 is 0 Å². The van der Waals surface area contributed by atoms with Crippen molar-refractivity contribution in [1.29, 1.82) is 0 Å². The molecular weight excluding hydrogens is 248 g/mol. The van der Waals surface area contributed by atoms with Crippen LogP contribution in [0.15, 0.2) is 54.6 Å². The van der Waals surface area contributed by atoms with Crippen LogP contribution in [0.1, 0.15) is 24.1 Å². The molecule has 0 unspecified atom stereocenters. The van der Waals surface area contributed by atoms with Crippen LogP contribution in [0.5, 0.6) is 0 Å². The maximum absolute atomic E-state index is 11.9. The highest BCUT2D eigenvalue weighted by molar-refractivity contribution is 5.81. The number of nitrogens with one attached hydrogen (secondary N) is 2. The first-order valence-electron chi connectivity index (χ1n) is 6.80. The van der Waals surface area contributed by atoms with Gasteiger partial charge in [0.2, 0.25) is 5.91 Å². The average Bonchev–Trinajstić information content (AvgIpc) is 2.46. The lowest BCUT2D eigenvalue weighted by atomic mass is 10.0. The quantitative estimate of drug-likeness (QED) is 0.873. The van der Waals surface area contributed by atoms with Crippen LogP contribution in [-0.2, 0) is 4.79 Å². The smallest absolute Gasteiger partial charge is 0.239 e. The van der Waals surface area contributed by atoms with E-state index in [0.29, 0.717) is 0 Å². The normalized spacial score (nSPS) is 11.7. The van der Waals surface area contributed by atoms with Crippen molar-refractivity contribution < 1.29 is 4.79 Å². The number of amides is 1. The van der Waals surface area contributed by atoms with E-state index in [2.05, 4.69) is 23.6 Å². The Morgan fingerprint density at radius 2 is 1.70 bits per heavy atom. The number of rotatable bonds is 5. The lowest BCUT2D eigenvalue weighted by Gasteiger charge is -2.17. The zero-order valence-corrected chi connectivity index (χ0v) is 11.9. The lowest BCUT2D eigenvalue weighted by molar-refractivity contribution is -0.120. The predicted octanol–water partition coefficient (Wildman–Crippen LogP) is 3.28. The molecule has 2 aromatic rings. The van der Waals surface area contributed by atoms with Crippen LogP contribution in [-0.4, -0.2) is 12.5 Å². The van der Waals surface area contributed by atoms with Gasteiger partial charge >= 0.3 is 0 Å². The molecule has 0 radical (unpaired) electrons. The summed E-state index contributed by atoms with van der Waals surface area (Å²) in [6.45, 7) is 4.34. The van der Waals surface area contributed by atoms with Crippen LogP contribution in [0.3, 0.4) is 0 Å². The van der Waals surface area contributed by atoms with Gasteiger partial charge in [-0.25, -0.2) is 0 Å². The first kappa shape index (κ1) is 14.1. The van der Waals surface area contributed by atoms with Crippen molar-refractivity contribution in [2.24, 2.45) is 0 Å². The number of anilines is 1. The predicted molar refractivity (Wildman–Crippen MR) is 82.7 cm³/mol. The second-order valence-electron chi connectivity index (χ2n) is 4.87. The summed E-state index contributed by atoms with van der Waals surface area (Å²) in [5.74, 6) is -0.00962. The molecule has 20 heavy (non-hydrogen) atoms. The Labute approximate surface area is 120 Å². The van der Waals surface area contributed by atoms with Crippen molar-refractivity contribution in [1.82, 2.24) is 5.32 Å². The zero-order chi connectivity index (χ0) is 14.4. The largest absolute Gasteiger partial charge is 0.376 e. The van der Waals surface area contributed by atoms with Crippen LogP contribution in [0.2, 0.25) is 0 Å². The lowest BCUT2D eigenvalue weighted by Crippen LogP contribution is -2.32. The Bertz CT molecular complexity index is 566.